The number of hydrogen-bond donors (Lipinski definition) is 4. The Kier molecular flexibility index (Phi) is 4.44. The molecule has 1 heterocycles. The van der Waals surface area contributed by atoms with E-state index in [1.54, 1.807) is 18.2 Å². The molecule has 8 heteroatoms. The lowest BCUT2D eigenvalue weighted by atomic mass is 10.1. The molecule has 146 valence electrons. The molecule has 2 aromatic rings. The average Bonchev–Trinajstić information content (AvgIpc) is 3.10. The number of phenolic OH excluding ortho intramolecular Hbond substituents is 2. The van der Waals surface area contributed by atoms with Gasteiger partial charge in [-0.1, -0.05) is 0 Å². The molecule has 0 amide bonds. The highest BCUT2D eigenvalue weighted by Crippen LogP contribution is 2.51. The fourth-order valence-electron chi connectivity index (χ4n) is 3.75. The molecule has 0 radical (unpaired) electrons. The normalized spacial score (nSPS) is 25.1. The summed E-state index contributed by atoms with van der Waals surface area (Å²) < 4.78 is 10.2. The van der Waals surface area contributed by atoms with Gasteiger partial charge in [0.1, 0.15) is 23.0 Å². The van der Waals surface area contributed by atoms with Gasteiger partial charge in [-0.2, -0.15) is 0 Å². The smallest absolute Gasteiger partial charge is 0.308 e. The number of rotatable bonds is 4. The molecular formula is C20H20N2O6. The van der Waals surface area contributed by atoms with E-state index in [1.807, 2.05) is 0 Å². The maximum atomic E-state index is 11.2. The highest BCUT2D eigenvalue weighted by Gasteiger charge is 2.58. The number of hydrogen-bond acceptors (Lipinski definition) is 8. The van der Waals surface area contributed by atoms with Crippen molar-refractivity contribution in [3.05, 3.63) is 47.5 Å². The third kappa shape index (κ3) is 3.39. The van der Waals surface area contributed by atoms with Crippen molar-refractivity contribution in [1.82, 2.24) is 10.6 Å². The van der Waals surface area contributed by atoms with Gasteiger partial charge in [0.25, 0.3) is 0 Å². The van der Waals surface area contributed by atoms with Crippen molar-refractivity contribution in [3.8, 4) is 23.0 Å². The topological polar surface area (TPSA) is 117 Å². The van der Waals surface area contributed by atoms with Gasteiger partial charge in [-0.25, -0.2) is 0 Å². The first-order chi connectivity index (χ1) is 13.3. The van der Waals surface area contributed by atoms with Crippen molar-refractivity contribution in [1.29, 1.82) is 0 Å². The van der Waals surface area contributed by atoms with Crippen LogP contribution in [-0.4, -0.2) is 34.2 Å². The molecule has 4 N–H and O–H groups in total. The van der Waals surface area contributed by atoms with Gasteiger partial charge in [-0.15, -0.1) is 0 Å². The van der Waals surface area contributed by atoms with Crippen LogP contribution in [0.3, 0.4) is 0 Å². The van der Waals surface area contributed by atoms with E-state index in [1.165, 1.54) is 32.0 Å². The third-order valence-electron chi connectivity index (χ3n) is 4.93. The van der Waals surface area contributed by atoms with Crippen molar-refractivity contribution in [2.45, 2.75) is 38.0 Å². The fourth-order valence-corrected chi connectivity index (χ4v) is 3.75. The Labute approximate surface area is 161 Å². The van der Waals surface area contributed by atoms with Crippen molar-refractivity contribution in [2.75, 3.05) is 0 Å². The Morgan fingerprint density at radius 1 is 0.821 bits per heavy atom. The van der Waals surface area contributed by atoms with Gasteiger partial charge in [0.2, 0.25) is 0 Å². The summed E-state index contributed by atoms with van der Waals surface area (Å²) in [4.78, 5) is 22.3. The number of benzene rings is 2. The first kappa shape index (κ1) is 18.3. The van der Waals surface area contributed by atoms with E-state index in [2.05, 4.69) is 10.6 Å². The summed E-state index contributed by atoms with van der Waals surface area (Å²) in [6, 6.07) is 9.41. The van der Waals surface area contributed by atoms with E-state index in [9.17, 15) is 19.8 Å². The highest BCUT2D eigenvalue weighted by atomic mass is 16.5. The van der Waals surface area contributed by atoms with E-state index in [-0.39, 0.29) is 35.7 Å². The number of phenols is 2. The van der Waals surface area contributed by atoms with E-state index in [4.69, 9.17) is 9.47 Å². The van der Waals surface area contributed by atoms with Gasteiger partial charge in [0.05, 0.1) is 6.17 Å². The molecular weight excluding hydrogens is 364 g/mol. The van der Waals surface area contributed by atoms with Crippen molar-refractivity contribution in [3.63, 3.8) is 0 Å². The third-order valence-corrected chi connectivity index (χ3v) is 4.93. The zero-order chi connectivity index (χ0) is 20.0. The van der Waals surface area contributed by atoms with Crippen LogP contribution < -0.4 is 20.1 Å². The molecule has 4 rings (SSSR count). The van der Waals surface area contributed by atoms with Gasteiger partial charge in [0, 0.05) is 43.0 Å². The van der Waals surface area contributed by atoms with E-state index < -0.39 is 11.9 Å². The maximum absolute atomic E-state index is 11.2. The number of carbonyl (C=O) groups is 2. The molecule has 1 saturated carbocycles. The fraction of sp³-hybridized carbons (Fsp3) is 0.300. The zero-order valence-electron chi connectivity index (χ0n) is 15.3. The Morgan fingerprint density at radius 2 is 1.29 bits per heavy atom. The Bertz CT molecular complexity index is 884. The molecule has 28 heavy (non-hydrogen) atoms. The SMILES string of the molecule is CC(=O)Oc1ccc(O)c(C2NC3C(N2)C3c2cc(OC(C)=O)ccc2O)c1. The second-order valence-corrected chi connectivity index (χ2v) is 6.97. The zero-order valence-corrected chi connectivity index (χ0v) is 15.3. The van der Waals surface area contributed by atoms with Crippen LogP contribution in [0.15, 0.2) is 36.4 Å². The lowest BCUT2D eigenvalue weighted by molar-refractivity contribution is -0.132. The Balaban J connectivity index is 1.49. The molecule has 1 saturated heterocycles. The van der Waals surface area contributed by atoms with Crippen LogP contribution in [0, 0.1) is 0 Å². The van der Waals surface area contributed by atoms with Crippen LogP contribution in [0.25, 0.3) is 0 Å². The van der Waals surface area contributed by atoms with Crippen molar-refractivity contribution < 1.29 is 29.3 Å². The van der Waals surface area contributed by atoms with Gasteiger partial charge in [-0.05, 0) is 36.4 Å². The lowest BCUT2D eigenvalue weighted by Crippen LogP contribution is -2.29. The van der Waals surface area contributed by atoms with Crippen LogP contribution in [0.5, 0.6) is 23.0 Å². The largest absolute Gasteiger partial charge is 0.508 e. The Morgan fingerprint density at radius 3 is 1.79 bits per heavy atom. The summed E-state index contributed by atoms with van der Waals surface area (Å²) in [7, 11) is 0. The van der Waals surface area contributed by atoms with Crippen LogP contribution in [0.2, 0.25) is 0 Å². The molecule has 2 fully saturated rings. The molecule has 2 aromatic carbocycles. The standard InChI is InChI=1S/C20H20N2O6/c1-9(23)27-11-3-5-15(25)13(7-11)17-18-19(17)22-20(21-18)14-8-12(28-10(2)24)4-6-16(14)26/h3-8,17-22,25-26H,1-2H3. The molecule has 2 aliphatic rings. The lowest BCUT2D eigenvalue weighted by Gasteiger charge is -2.19. The first-order valence-electron chi connectivity index (χ1n) is 8.88. The van der Waals surface area contributed by atoms with Crippen LogP contribution in [-0.2, 0) is 9.59 Å². The summed E-state index contributed by atoms with van der Waals surface area (Å²) in [5.74, 6) is 0.0996. The van der Waals surface area contributed by atoms with Gasteiger partial charge in [-0.3, -0.25) is 20.2 Å². The molecule has 2 unspecified atom stereocenters. The number of aromatic hydroxyl groups is 2. The monoisotopic (exact) mass is 384 g/mol. The molecule has 1 aliphatic heterocycles. The molecule has 2 atom stereocenters. The molecule has 8 nitrogen and oxygen atoms in total. The highest BCUT2D eigenvalue weighted by molar-refractivity contribution is 5.70. The van der Waals surface area contributed by atoms with E-state index >= 15 is 0 Å². The van der Waals surface area contributed by atoms with Gasteiger partial charge in [0.15, 0.2) is 0 Å². The van der Waals surface area contributed by atoms with Crippen molar-refractivity contribution >= 4 is 11.9 Å². The van der Waals surface area contributed by atoms with Crippen LogP contribution in [0.1, 0.15) is 37.1 Å². The van der Waals surface area contributed by atoms with E-state index in [0.29, 0.717) is 22.6 Å². The van der Waals surface area contributed by atoms with E-state index in [0.717, 1.165) is 0 Å². The molecule has 0 aromatic heterocycles. The minimum Gasteiger partial charge on any atom is -0.508 e. The number of ether oxygens (including phenoxy) is 2. The summed E-state index contributed by atoms with van der Waals surface area (Å²) in [6.07, 6.45) is -0.319. The van der Waals surface area contributed by atoms with Crippen LogP contribution >= 0.6 is 0 Å². The molecule has 0 bridgehead atoms. The van der Waals surface area contributed by atoms with Gasteiger partial charge < -0.3 is 19.7 Å². The molecule has 1 aliphatic carbocycles. The Hall–Kier alpha value is -3.10. The summed E-state index contributed by atoms with van der Waals surface area (Å²) in [5, 5.41) is 27.1. The quantitative estimate of drug-likeness (QED) is 0.465. The number of nitrogens with one attached hydrogen (secondary N) is 2. The minimum atomic E-state index is -0.435. The minimum absolute atomic E-state index is 0.00514. The first-order valence-corrected chi connectivity index (χ1v) is 8.88. The number of carbonyl (C=O) groups excluding carboxylic acids is 2. The average molecular weight is 384 g/mol. The number of esters is 2. The van der Waals surface area contributed by atoms with Crippen LogP contribution in [0.4, 0.5) is 0 Å². The number of fused-ring (bicyclic) bond motifs is 1. The second-order valence-electron chi connectivity index (χ2n) is 6.97. The summed E-state index contributed by atoms with van der Waals surface area (Å²) in [5.41, 5.74) is 1.26. The predicted octanol–water partition coefficient (Wildman–Crippen LogP) is 1.67. The summed E-state index contributed by atoms with van der Waals surface area (Å²) in [6.45, 7) is 2.64. The predicted molar refractivity (Wildman–Crippen MR) is 98.2 cm³/mol. The summed E-state index contributed by atoms with van der Waals surface area (Å²) >= 11 is 0. The molecule has 0 spiro atoms. The maximum Gasteiger partial charge on any atom is 0.308 e. The second kappa shape index (κ2) is 6.81. The van der Waals surface area contributed by atoms with Gasteiger partial charge >= 0.3 is 11.9 Å². The van der Waals surface area contributed by atoms with Crippen molar-refractivity contribution in [2.24, 2.45) is 0 Å².